The van der Waals surface area contributed by atoms with Crippen molar-refractivity contribution in [1.29, 1.82) is 0 Å². The summed E-state index contributed by atoms with van der Waals surface area (Å²) in [6.45, 7) is 3.87. The Labute approximate surface area is 110 Å². The molecule has 0 atom stereocenters. The summed E-state index contributed by atoms with van der Waals surface area (Å²) in [5.74, 6) is 0.114. The molecule has 0 aliphatic carbocycles. The predicted octanol–water partition coefficient (Wildman–Crippen LogP) is 0.756. The van der Waals surface area contributed by atoms with Gasteiger partial charge in [0.15, 0.2) is 0 Å². The van der Waals surface area contributed by atoms with Crippen LogP contribution in [0.15, 0.2) is 12.1 Å². The second kappa shape index (κ2) is 5.51. The predicted molar refractivity (Wildman–Crippen MR) is 71.6 cm³/mol. The van der Waals surface area contributed by atoms with Gasteiger partial charge in [0, 0.05) is 19.7 Å². The zero-order valence-corrected chi connectivity index (χ0v) is 11.1. The van der Waals surface area contributed by atoms with Crippen molar-refractivity contribution < 1.29 is 9.72 Å². The van der Waals surface area contributed by atoms with Crippen molar-refractivity contribution in [1.82, 2.24) is 10.3 Å². The average molecular weight is 267 g/mol. The molecule has 0 aliphatic heterocycles. The molecule has 1 aromatic rings. The Morgan fingerprint density at radius 3 is 2.63 bits per heavy atom. The van der Waals surface area contributed by atoms with E-state index in [9.17, 15) is 14.9 Å². The van der Waals surface area contributed by atoms with E-state index < -0.39 is 10.3 Å². The number of nitrogen functional groups attached to an aromatic ring is 1. The molecule has 19 heavy (non-hydrogen) atoms. The number of carbonyl (C=O) groups excluding carboxylic acids is 1. The lowest BCUT2D eigenvalue weighted by atomic mass is 9.92. The molecule has 0 spiro atoms. The van der Waals surface area contributed by atoms with Gasteiger partial charge in [-0.25, -0.2) is 4.98 Å². The zero-order chi connectivity index (χ0) is 14.6. The van der Waals surface area contributed by atoms with Crippen LogP contribution in [0.5, 0.6) is 0 Å². The van der Waals surface area contributed by atoms with Crippen molar-refractivity contribution in [2.24, 2.45) is 5.41 Å². The normalized spacial score (nSPS) is 10.9. The number of hydrogen-bond donors (Lipinski definition) is 3. The molecule has 0 unspecified atom stereocenters. The molecule has 0 radical (unpaired) electrons. The number of anilines is 2. The first kappa shape index (κ1) is 14.7. The largest absolute Gasteiger partial charge is 0.378 e. The third-order valence-electron chi connectivity index (χ3n) is 2.65. The van der Waals surface area contributed by atoms with E-state index in [1.54, 1.807) is 20.9 Å². The molecule has 1 aromatic heterocycles. The van der Waals surface area contributed by atoms with Crippen LogP contribution in [0.1, 0.15) is 13.8 Å². The van der Waals surface area contributed by atoms with Gasteiger partial charge in [0.1, 0.15) is 5.82 Å². The molecule has 104 valence electrons. The fraction of sp³-hybridized carbons (Fsp3) is 0.455. The summed E-state index contributed by atoms with van der Waals surface area (Å²) in [7, 11) is 1.56. The Hall–Kier alpha value is -2.38. The highest BCUT2D eigenvalue weighted by Gasteiger charge is 2.26. The van der Waals surface area contributed by atoms with E-state index in [2.05, 4.69) is 15.6 Å². The second-order valence-electron chi connectivity index (χ2n) is 4.67. The van der Waals surface area contributed by atoms with E-state index in [4.69, 9.17) is 5.73 Å². The number of nitrogens with two attached hydrogens (primary N) is 1. The second-order valence-corrected chi connectivity index (χ2v) is 4.67. The summed E-state index contributed by atoms with van der Waals surface area (Å²) in [5.41, 5.74) is 4.60. The highest BCUT2D eigenvalue weighted by atomic mass is 16.6. The maximum atomic E-state index is 11.6. The molecule has 1 heterocycles. The summed E-state index contributed by atoms with van der Waals surface area (Å²) in [6, 6.07) is 2.73. The number of carbonyl (C=O) groups is 1. The minimum absolute atomic E-state index is 0.116. The van der Waals surface area contributed by atoms with Crippen molar-refractivity contribution >= 4 is 23.2 Å². The van der Waals surface area contributed by atoms with Crippen LogP contribution in [-0.4, -0.2) is 29.4 Å². The number of amides is 1. The van der Waals surface area contributed by atoms with Gasteiger partial charge in [-0.05, 0) is 19.9 Å². The Bertz CT molecular complexity index is 501. The Morgan fingerprint density at radius 2 is 2.16 bits per heavy atom. The summed E-state index contributed by atoms with van der Waals surface area (Å²) < 4.78 is 0. The summed E-state index contributed by atoms with van der Waals surface area (Å²) in [5, 5.41) is 16.1. The molecule has 0 saturated carbocycles. The lowest BCUT2D eigenvalue weighted by Gasteiger charge is -2.23. The van der Waals surface area contributed by atoms with Gasteiger partial charge < -0.3 is 16.4 Å². The minimum atomic E-state index is -0.632. The van der Waals surface area contributed by atoms with Crippen molar-refractivity contribution in [3.05, 3.63) is 22.2 Å². The first-order valence-corrected chi connectivity index (χ1v) is 5.65. The van der Waals surface area contributed by atoms with E-state index in [1.165, 1.54) is 12.1 Å². The third kappa shape index (κ3) is 3.54. The number of pyridine rings is 1. The fourth-order valence-electron chi connectivity index (χ4n) is 1.45. The van der Waals surface area contributed by atoms with E-state index in [0.717, 1.165) is 0 Å². The number of nitrogens with zero attached hydrogens (tertiary/aromatic N) is 2. The zero-order valence-electron chi connectivity index (χ0n) is 11.1. The smallest absolute Gasteiger partial charge is 0.311 e. The van der Waals surface area contributed by atoms with Crippen LogP contribution in [0.2, 0.25) is 0 Å². The van der Waals surface area contributed by atoms with Crippen LogP contribution in [0.25, 0.3) is 0 Å². The Balaban J connectivity index is 2.77. The maximum Gasteiger partial charge on any atom is 0.311 e. The molecule has 0 fully saturated rings. The highest BCUT2D eigenvalue weighted by Crippen LogP contribution is 2.22. The molecule has 0 aromatic carbocycles. The van der Waals surface area contributed by atoms with Gasteiger partial charge in [-0.1, -0.05) is 0 Å². The number of nitrogens with one attached hydrogen (secondary N) is 2. The van der Waals surface area contributed by atoms with E-state index in [-0.39, 0.29) is 17.4 Å². The molecular weight excluding hydrogens is 250 g/mol. The molecule has 8 nitrogen and oxygen atoms in total. The van der Waals surface area contributed by atoms with E-state index in [1.807, 2.05) is 0 Å². The standard InChI is InChI=1S/C11H17N5O3/c1-11(2,10(17)13-3)6-14-8-5-4-7(16(18)19)9(12)15-8/h4-5H,6H2,1-3H3,(H,13,17)(H3,12,14,15). The number of hydrogen-bond acceptors (Lipinski definition) is 6. The topological polar surface area (TPSA) is 123 Å². The summed E-state index contributed by atoms with van der Waals surface area (Å²) in [4.78, 5) is 25.4. The van der Waals surface area contributed by atoms with Crippen molar-refractivity contribution in [3.8, 4) is 0 Å². The highest BCUT2D eigenvalue weighted by molar-refractivity contribution is 5.82. The molecular formula is C11H17N5O3. The Kier molecular flexibility index (Phi) is 4.26. The van der Waals surface area contributed by atoms with Gasteiger partial charge in [0.25, 0.3) is 0 Å². The van der Waals surface area contributed by atoms with Gasteiger partial charge >= 0.3 is 5.69 Å². The first-order valence-electron chi connectivity index (χ1n) is 5.65. The van der Waals surface area contributed by atoms with Gasteiger partial charge in [0.2, 0.25) is 11.7 Å². The molecule has 4 N–H and O–H groups in total. The monoisotopic (exact) mass is 267 g/mol. The van der Waals surface area contributed by atoms with Gasteiger partial charge in [-0.3, -0.25) is 14.9 Å². The number of aromatic nitrogens is 1. The molecule has 1 rings (SSSR count). The molecule has 0 bridgehead atoms. The van der Waals surface area contributed by atoms with Crippen LogP contribution >= 0.6 is 0 Å². The lowest BCUT2D eigenvalue weighted by molar-refractivity contribution is -0.384. The van der Waals surface area contributed by atoms with Crippen LogP contribution in [-0.2, 0) is 4.79 Å². The van der Waals surface area contributed by atoms with Crippen LogP contribution in [0, 0.1) is 15.5 Å². The quantitative estimate of drug-likeness (QED) is 0.534. The fourth-order valence-corrected chi connectivity index (χ4v) is 1.45. The van der Waals surface area contributed by atoms with Gasteiger partial charge in [-0.15, -0.1) is 0 Å². The molecule has 0 saturated heterocycles. The summed E-state index contributed by atoms with van der Waals surface area (Å²) >= 11 is 0. The minimum Gasteiger partial charge on any atom is -0.378 e. The lowest BCUT2D eigenvalue weighted by Crippen LogP contribution is -2.39. The third-order valence-corrected chi connectivity index (χ3v) is 2.65. The van der Waals surface area contributed by atoms with E-state index in [0.29, 0.717) is 12.4 Å². The molecule has 1 amide bonds. The average Bonchev–Trinajstić information content (AvgIpc) is 2.35. The SMILES string of the molecule is CNC(=O)C(C)(C)CNc1ccc([N+](=O)[O-])c(N)n1. The summed E-state index contributed by atoms with van der Waals surface area (Å²) in [6.07, 6.45) is 0. The van der Waals surface area contributed by atoms with E-state index >= 15 is 0 Å². The Morgan fingerprint density at radius 1 is 1.53 bits per heavy atom. The number of rotatable bonds is 5. The van der Waals surface area contributed by atoms with Gasteiger partial charge in [0.05, 0.1) is 10.3 Å². The number of nitro groups is 1. The van der Waals surface area contributed by atoms with Crippen LogP contribution in [0.4, 0.5) is 17.3 Å². The van der Waals surface area contributed by atoms with Crippen molar-refractivity contribution in [3.63, 3.8) is 0 Å². The molecule has 8 heteroatoms. The van der Waals surface area contributed by atoms with Gasteiger partial charge in [-0.2, -0.15) is 0 Å². The maximum absolute atomic E-state index is 11.6. The first-order chi connectivity index (χ1) is 8.77. The van der Waals surface area contributed by atoms with Crippen LogP contribution in [0.3, 0.4) is 0 Å². The van der Waals surface area contributed by atoms with Crippen LogP contribution < -0.4 is 16.4 Å². The molecule has 0 aliphatic rings. The van der Waals surface area contributed by atoms with Crippen molar-refractivity contribution in [2.75, 3.05) is 24.6 Å². The van der Waals surface area contributed by atoms with Crippen molar-refractivity contribution in [2.45, 2.75) is 13.8 Å².